The molecule has 0 aromatic carbocycles. The summed E-state index contributed by atoms with van der Waals surface area (Å²) < 4.78 is 0. The van der Waals surface area contributed by atoms with Gasteiger partial charge in [0.1, 0.15) is 5.78 Å². The summed E-state index contributed by atoms with van der Waals surface area (Å²) >= 11 is 0. The minimum absolute atomic E-state index is 0.460. The molecule has 1 aliphatic carbocycles. The third-order valence-corrected chi connectivity index (χ3v) is 2.76. The maximum Gasteiger partial charge on any atom is 0.133 e. The van der Waals surface area contributed by atoms with Gasteiger partial charge in [-0.2, -0.15) is 0 Å². The first kappa shape index (κ1) is 10.5. The molecule has 0 radical (unpaired) electrons. The van der Waals surface area contributed by atoms with Crippen molar-refractivity contribution in [2.24, 2.45) is 5.92 Å². The lowest BCUT2D eigenvalue weighted by molar-refractivity contribution is -0.120. The van der Waals surface area contributed by atoms with Gasteiger partial charge in [-0.3, -0.25) is 4.79 Å². The Morgan fingerprint density at radius 1 is 1.38 bits per heavy atom. The first-order valence-corrected chi connectivity index (χ1v) is 5.36. The second-order valence-electron chi connectivity index (χ2n) is 4.33. The van der Waals surface area contributed by atoms with Crippen LogP contribution in [0.4, 0.5) is 0 Å². The summed E-state index contributed by atoms with van der Waals surface area (Å²) in [5, 5.41) is 0. The van der Waals surface area contributed by atoms with Gasteiger partial charge in [0.25, 0.3) is 0 Å². The molecule has 1 atom stereocenters. The Kier molecular flexibility index (Phi) is 4.20. The SMILES string of the molecule is C/C1=C/CCC(C)CC(=O)CCC1. The van der Waals surface area contributed by atoms with E-state index in [2.05, 4.69) is 19.9 Å². The summed E-state index contributed by atoms with van der Waals surface area (Å²) in [5.41, 5.74) is 1.46. The fraction of sp³-hybridized carbons (Fsp3) is 0.750. The molecule has 13 heavy (non-hydrogen) atoms. The van der Waals surface area contributed by atoms with Crippen molar-refractivity contribution in [3.8, 4) is 0 Å². The molecule has 1 heteroatoms. The molecule has 0 aliphatic heterocycles. The highest BCUT2D eigenvalue weighted by atomic mass is 16.1. The van der Waals surface area contributed by atoms with Crippen molar-refractivity contribution in [1.82, 2.24) is 0 Å². The lowest BCUT2D eigenvalue weighted by Crippen LogP contribution is -2.06. The fourth-order valence-electron chi connectivity index (χ4n) is 1.87. The Bertz CT molecular complexity index is 203. The van der Waals surface area contributed by atoms with Crippen molar-refractivity contribution < 1.29 is 4.79 Å². The van der Waals surface area contributed by atoms with Crippen molar-refractivity contribution in [2.75, 3.05) is 0 Å². The van der Waals surface area contributed by atoms with Crippen molar-refractivity contribution in [3.63, 3.8) is 0 Å². The number of carbonyl (C=O) groups is 1. The van der Waals surface area contributed by atoms with Crippen molar-refractivity contribution in [2.45, 2.75) is 52.4 Å². The van der Waals surface area contributed by atoms with Crippen LogP contribution in [0.2, 0.25) is 0 Å². The number of Topliss-reactive ketones (excluding diaryl/α,β-unsaturated/α-hetero) is 1. The molecule has 0 aromatic heterocycles. The van der Waals surface area contributed by atoms with Gasteiger partial charge in [-0.05, 0) is 38.5 Å². The van der Waals surface area contributed by atoms with E-state index in [1.165, 1.54) is 12.0 Å². The smallest absolute Gasteiger partial charge is 0.133 e. The van der Waals surface area contributed by atoms with E-state index in [1.807, 2.05) is 0 Å². The molecular weight excluding hydrogens is 160 g/mol. The Labute approximate surface area is 81.2 Å². The van der Waals surface area contributed by atoms with Crippen molar-refractivity contribution >= 4 is 5.78 Å². The standard InChI is InChI=1S/C12H20O/c1-10-5-3-7-11(2)9-12(13)8-4-6-10/h5,11H,3-4,6-9H2,1-2H3/b10-5-. The number of ketones is 1. The van der Waals surface area contributed by atoms with Crippen LogP contribution in [0.1, 0.15) is 52.4 Å². The van der Waals surface area contributed by atoms with Crippen LogP contribution in [0.25, 0.3) is 0 Å². The molecule has 0 aromatic rings. The predicted octanol–water partition coefficient (Wildman–Crippen LogP) is 3.49. The van der Waals surface area contributed by atoms with E-state index in [0.29, 0.717) is 11.7 Å². The molecule has 0 amide bonds. The summed E-state index contributed by atoms with van der Waals surface area (Å²) in [4.78, 5) is 11.4. The van der Waals surface area contributed by atoms with E-state index >= 15 is 0 Å². The molecule has 0 N–H and O–H groups in total. The van der Waals surface area contributed by atoms with E-state index in [4.69, 9.17) is 0 Å². The number of allylic oxidation sites excluding steroid dienone is 2. The summed E-state index contributed by atoms with van der Waals surface area (Å²) in [5.74, 6) is 1.04. The average Bonchev–Trinajstić information content (AvgIpc) is 2.03. The van der Waals surface area contributed by atoms with E-state index in [0.717, 1.165) is 32.1 Å². The summed E-state index contributed by atoms with van der Waals surface area (Å²) in [6.07, 6.45) is 8.41. The zero-order valence-corrected chi connectivity index (χ0v) is 8.81. The highest BCUT2D eigenvalue weighted by Crippen LogP contribution is 2.18. The van der Waals surface area contributed by atoms with Gasteiger partial charge < -0.3 is 0 Å². The average molecular weight is 180 g/mol. The Hall–Kier alpha value is -0.590. The zero-order valence-electron chi connectivity index (χ0n) is 8.81. The molecule has 1 aliphatic rings. The van der Waals surface area contributed by atoms with Gasteiger partial charge in [0.15, 0.2) is 0 Å². The van der Waals surface area contributed by atoms with Crippen LogP contribution in [0, 0.1) is 5.92 Å². The van der Waals surface area contributed by atoms with Crippen molar-refractivity contribution in [1.29, 1.82) is 0 Å². The highest BCUT2D eigenvalue weighted by Gasteiger charge is 2.09. The quantitative estimate of drug-likeness (QED) is 0.521. The fourth-order valence-corrected chi connectivity index (χ4v) is 1.87. The van der Waals surface area contributed by atoms with Gasteiger partial charge >= 0.3 is 0 Å². The van der Waals surface area contributed by atoms with Crippen LogP contribution in [0.3, 0.4) is 0 Å². The highest BCUT2D eigenvalue weighted by molar-refractivity contribution is 5.78. The second kappa shape index (κ2) is 5.21. The molecule has 1 rings (SSSR count). The van der Waals surface area contributed by atoms with Gasteiger partial charge in [-0.15, -0.1) is 0 Å². The van der Waals surface area contributed by atoms with Crippen LogP contribution in [0.5, 0.6) is 0 Å². The first-order valence-electron chi connectivity index (χ1n) is 5.36. The van der Waals surface area contributed by atoms with Crippen LogP contribution in [-0.2, 0) is 4.79 Å². The predicted molar refractivity (Wildman–Crippen MR) is 55.6 cm³/mol. The number of carbonyl (C=O) groups excluding carboxylic acids is 1. The van der Waals surface area contributed by atoms with Gasteiger partial charge in [0.05, 0.1) is 0 Å². The Balaban J connectivity index is 2.49. The molecule has 0 heterocycles. The Morgan fingerprint density at radius 2 is 2.15 bits per heavy atom. The summed E-state index contributed by atoms with van der Waals surface area (Å²) in [6.45, 7) is 4.36. The molecule has 1 unspecified atom stereocenters. The molecule has 0 bridgehead atoms. The summed E-state index contributed by atoms with van der Waals surface area (Å²) in [6, 6.07) is 0. The minimum atomic E-state index is 0.460. The molecule has 1 nitrogen and oxygen atoms in total. The van der Waals surface area contributed by atoms with E-state index in [9.17, 15) is 4.79 Å². The van der Waals surface area contributed by atoms with Gasteiger partial charge in [-0.25, -0.2) is 0 Å². The third-order valence-electron chi connectivity index (χ3n) is 2.76. The van der Waals surface area contributed by atoms with Crippen LogP contribution >= 0.6 is 0 Å². The van der Waals surface area contributed by atoms with E-state index < -0.39 is 0 Å². The van der Waals surface area contributed by atoms with Gasteiger partial charge in [0.2, 0.25) is 0 Å². The third kappa shape index (κ3) is 4.25. The van der Waals surface area contributed by atoms with Gasteiger partial charge in [-0.1, -0.05) is 18.6 Å². The maximum absolute atomic E-state index is 11.4. The molecule has 0 spiro atoms. The lowest BCUT2D eigenvalue weighted by atomic mass is 9.94. The second-order valence-corrected chi connectivity index (χ2v) is 4.33. The topological polar surface area (TPSA) is 17.1 Å². The number of hydrogen-bond donors (Lipinski definition) is 0. The molecule has 0 saturated heterocycles. The van der Waals surface area contributed by atoms with Crippen LogP contribution in [-0.4, -0.2) is 5.78 Å². The number of rotatable bonds is 0. The van der Waals surface area contributed by atoms with E-state index in [-0.39, 0.29) is 0 Å². The van der Waals surface area contributed by atoms with Crippen molar-refractivity contribution in [3.05, 3.63) is 11.6 Å². The monoisotopic (exact) mass is 180 g/mol. The summed E-state index contributed by atoms with van der Waals surface area (Å²) in [7, 11) is 0. The molecular formula is C12H20O. The minimum Gasteiger partial charge on any atom is -0.300 e. The Morgan fingerprint density at radius 3 is 2.92 bits per heavy atom. The van der Waals surface area contributed by atoms with Gasteiger partial charge in [0, 0.05) is 12.8 Å². The normalized spacial score (nSPS) is 30.8. The van der Waals surface area contributed by atoms with E-state index in [1.54, 1.807) is 0 Å². The lowest BCUT2D eigenvalue weighted by Gasteiger charge is -2.11. The zero-order chi connectivity index (χ0) is 9.68. The largest absolute Gasteiger partial charge is 0.300 e. The molecule has 0 saturated carbocycles. The number of hydrogen-bond acceptors (Lipinski definition) is 1. The first-order chi connectivity index (χ1) is 6.18. The molecule has 0 fully saturated rings. The van der Waals surface area contributed by atoms with Crippen LogP contribution in [0.15, 0.2) is 11.6 Å². The maximum atomic E-state index is 11.4. The molecule has 74 valence electrons. The van der Waals surface area contributed by atoms with Crippen LogP contribution < -0.4 is 0 Å².